The van der Waals surface area contributed by atoms with Gasteiger partial charge in [0.2, 0.25) is 5.91 Å². The Morgan fingerprint density at radius 2 is 2.00 bits per heavy atom. The second-order valence-electron chi connectivity index (χ2n) is 6.21. The molecule has 1 rings (SSSR count). The molecule has 0 aliphatic carbocycles. The van der Waals surface area contributed by atoms with Crippen molar-refractivity contribution in [2.75, 3.05) is 32.9 Å². The van der Waals surface area contributed by atoms with E-state index in [0.29, 0.717) is 13.0 Å². The number of hydrogen-bond acceptors (Lipinski definition) is 3. The molecular formula is C16H25ClN2OS. The van der Waals surface area contributed by atoms with E-state index in [1.165, 1.54) is 0 Å². The van der Waals surface area contributed by atoms with Crippen LogP contribution >= 0.6 is 23.4 Å². The molecule has 0 saturated heterocycles. The molecule has 1 aromatic carbocycles. The van der Waals surface area contributed by atoms with Gasteiger partial charge < -0.3 is 10.2 Å². The van der Waals surface area contributed by atoms with Crippen LogP contribution in [0, 0.1) is 5.41 Å². The maximum absolute atomic E-state index is 11.9. The Morgan fingerprint density at radius 1 is 1.33 bits per heavy atom. The van der Waals surface area contributed by atoms with E-state index < -0.39 is 0 Å². The Morgan fingerprint density at radius 3 is 2.62 bits per heavy atom. The fourth-order valence-electron chi connectivity index (χ4n) is 2.15. The van der Waals surface area contributed by atoms with Gasteiger partial charge in [-0.15, -0.1) is 11.8 Å². The second kappa shape index (κ2) is 8.66. The number of carbonyl (C=O) groups is 1. The molecule has 21 heavy (non-hydrogen) atoms. The zero-order valence-electron chi connectivity index (χ0n) is 13.3. The molecule has 0 radical (unpaired) electrons. The van der Waals surface area contributed by atoms with Crippen molar-refractivity contribution >= 4 is 29.3 Å². The van der Waals surface area contributed by atoms with Gasteiger partial charge >= 0.3 is 0 Å². The molecule has 0 aromatic heterocycles. The van der Waals surface area contributed by atoms with Gasteiger partial charge in [-0.3, -0.25) is 4.79 Å². The first-order chi connectivity index (χ1) is 9.80. The van der Waals surface area contributed by atoms with Gasteiger partial charge in [0.1, 0.15) is 0 Å². The Labute approximate surface area is 137 Å². The predicted molar refractivity (Wildman–Crippen MR) is 92.1 cm³/mol. The number of benzene rings is 1. The average molecular weight is 329 g/mol. The first-order valence-electron chi connectivity index (χ1n) is 7.09. The quantitative estimate of drug-likeness (QED) is 0.741. The van der Waals surface area contributed by atoms with Crippen LogP contribution in [0.5, 0.6) is 0 Å². The maximum Gasteiger partial charge on any atom is 0.220 e. The summed E-state index contributed by atoms with van der Waals surface area (Å²) in [7, 11) is 4.09. The fraction of sp³-hybridized carbons (Fsp3) is 0.562. The molecular weight excluding hydrogens is 304 g/mol. The summed E-state index contributed by atoms with van der Waals surface area (Å²) in [6.45, 7) is 5.96. The van der Waals surface area contributed by atoms with Gasteiger partial charge in [0.05, 0.1) is 5.02 Å². The Kier molecular flexibility index (Phi) is 7.57. The Balaban J connectivity index is 2.27. The second-order valence-corrected chi connectivity index (χ2v) is 7.75. The topological polar surface area (TPSA) is 32.3 Å². The molecule has 0 spiro atoms. The van der Waals surface area contributed by atoms with Gasteiger partial charge in [0.15, 0.2) is 0 Å². The lowest BCUT2D eigenvalue weighted by Crippen LogP contribution is -2.40. The Bertz CT molecular complexity index is 463. The summed E-state index contributed by atoms with van der Waals surface area (Å²) >= 11 is 7.70. The number of nitrogens with one attached hydrogen (secondary N) is 1. The van der Waals surface area contributed by atoms with Crippen molar-refractivity contribution in [1.29, 1.82) is 0 Å². The van der Waals surface area contributed by atoms with Crippen LogP contribution in [0.2, 0.25) is 5.02 Å². The summed E-state index contributed by atoms with van der Waals surface area (Å²) < 4.78 is 0. The van der Waals surface area contributed by atoms with Crippen molar-refractivity contribution < 1.29 is 4.79 Å². The van der Waals surface area contributed by atoms with Crippen LogP contribution in [0.15, 0.2) is 29.2 Å². The number of amides is 1. The minimum Gasteiger partial charge on any atom is -0.355 e. The van der Waals surface area contributed by atoms with Crippen molar-refractivity contribution in [3.63, 3.8) is 0 Å². The lowest BCUT2D eigenvalue weighted by Gasteiger charge is -2.28. The van der Waals surface area contributed by atoms with Gasteiger partial charge in [-0.25, -0.2) is 0 Å². The third-order valence-electron chi connectivity index (χ3n) is 2.93. The molecule has 0 aliphatic rings. The van der Waals surface area contributed by atoms with E-state index in [9.17, 15) is 4.79 Å². The van der Waals surface area contributed by atoms with E-state index in [-0.39, 0.29) is 11.3 Å². The average Bonchev–Trinajstić information content (AvgIpc) is 2.37. The first kappa shape index (κ1) is 18.3. The SMILES string of the molecule is CN(C)CC(C)(C)CNC(=O)CCSc1ccccc1Cl. The van der Waals surface area contributed by atoms with E-state index in [4.69, 9.17) is 11.6 Å². The van der Waals surface area contributed by atoms with Gasteiger partial charge in [-0.05, 0) is 31.6 Å². The first-order valence-corrected chi connectivity index (χ1v) is 8.45. The normalized spacial score (nSPS) is 11.7. The van der Waals surface area contributed by atoms with E-state index in [0.717, 1.165) is 22.2 Å². The van der Waals surface area contributed by atoms with Gasteiger partial charge in [-0.2, -0.15) is 0 Å². The summed E-state index contributed by atoms with van der Waals surface area (Å²) in [4.78, 5) is 15.0. The standard InChI is InChI=1S/C16H25ClN2OS/c1-16(2,12-19(3)4)11-18-15(20)9-10-21-14-8-6-5-7-13(14)17/h5-8H,9-12H2,1-4H3,(H,18,20). The number of thioether (sulfide) groups is 1. The lowest BCUT2D eigenvalue weighted by atomic mass is 9.93. The van der Waals surface area contributed by atoms with E-state index >= 15 is 0 Å². The lowest BCUT2D eigenvalue weighted by molar-refractivity contribution is -0.121. The fourth-order valence-corrected chi connectivity index (χ4v) is 3.34. The number of rotatable bonds is 8. The highest BCUT2D eigenvalue weighted by molar-refractivity contribution is 7.99. The largest absolute Gasteiger partial charge is 0.355 e. The Hall–Kier alpha value is -0.710. The summed E-state index contributed by atoms with van der Waals surface area (Å²) in [6, 6.07) is 7.71. The highest BCUT2D eigenvalue weighted by atomic mass is 35.5. The molecule has 0 saturated carbocycles. The molecule has 1 amide bonds. The highest BCUT2D eigenvalue weighted by Crippen LogP contribution is 2.26. The minimum atomic E-state index is 0.0784. The maximum atomic E-state index is 11.9. The van der Waals surface area contributed by atoms with Crippen molar-refractivity contribution in [3.8, 4) is 0 Å². The highest BCUT2D eigenvalue weighted by Gasteiger charge is 2.19. The number of halogens is 1. The zero-order valence-corrected chi connectivity index (χ0v) is 14.9. The van der Waals surface area contributed by atoms with E-state index in [2.05, 4.69) is 24.1 Å². The summed E-state index contributed by atoms with van der Waals surface area (Å²) in [6.07, 6.45) is 0.508. The molecule has 1 N–H and O–H groups in total. The van der Waals surface area contributed by atoms with Crippen LogP contribution in [0.4, 0.5) is 0 Å². The van der Waals surface area contributed by atoms with E-state index in [1.54, 1.807) is 11.8 Å². The molecule has 0 aliphatic heterocycles. The minimum absolute atomic E-state index is 0.0784. The van der Waals surface area contributed by atoms with Crippen LogP contribution in [0.1, 0.15) is 20.3 Å². The third-order valence-corrected chi connectivity index (χ3v) is 4.45. The van der Waals surface area contributed by atoms with Crippen molar-refractivity contribution in [2.45, 2.75) is 25.2 Å². The monoisotopic (exact) mass is 328 g/mol. The van der Waals surface area contributed by atoms with Gasteiger partial charge in [0, 0.05) is 30.2 Å². The number of hydrogen-bond donors (Lipinski definition) is 1. The predicted octanol–water partition coefficient (Wildman–Crippen LogP) is 3.53. The molecule has 0 heterocycles. The molecule has 118 valence electrons. The number of nitrogens with zero attached hydrogens (tertiary/aromatic N) is 1. The van der Waals surface area contributed by atoms with Crippen molar-refractivity contribution in [2.24, 2.45) is 5.41 Å². The molecule has 1 aromatic rings. The molecule has 3 nitrogen and oxygen atoms in total. The van der Waals surface area contributed by atoms with E-state index in [1.807, 2.05) is 38.4 Å². The van der Waals surface area contributed by atoms with Gasteiger partial charge in [0.25, 0.3) is 0 Å². The molecule has 0 bridgehead atoms. The van der Waals surface area contributed by atoms with Crippen LogP contribution < -0.4 is 5.32 Å². The summed E-state index contributed by atoms with van der Waals surface area (Å²) in [5.74, 6) is 0.838. The van der Waals surface area contributed by atoms with Crippen LogP contribution in [-0.2, 0) is 4.79 Å². The van der Waals surface area contributed by atoms with Crippen LogP contribution in [-0.4, -0.2) is 43.7 Å². The molecule has 0 fully saturated rings. The zero-order chi connectivity index (χ0) is 15.9. The summed E-state index contributed by atoms with van der Waals surface area (Å²) in [5, 5.41) is 3.76. The third kappa shape index (κ3) is 7.74. The van der Waals surface area contributed by atoms with Crippen LogP contribution in [0.25, 0.3) is 0 Å². The summed E-state index contributed by atoms with van der Waals surface area (Å²) in [5.41, 5.74) is 0.0784. The molecule has 0 atom stereocenters. The van der Waals surface area contributed by atoms with Crippen molar-refractivity contribution in [3.05, 3.63) is 29.3 Å². The smallest absolute Gasteiger partial charge is 0.220 e. The van der Waals surface area contributed by atoms with Gasteiger partial charge in [-0.1, -0.05) is 37.6 Å². The molecule has 5 heteroatoms. The van der Waals surface area contributed by atoms with Crippen molar-refractivity contribution in [1.82, 2.24) is 10.2 Å². The number of carbonyl (C=O) groups excluding carboxylic acids is 1. The van der Waals surface area contributed by atoms with Crippen LogP contribution in [0.3, 0.4) is 0 Å². The molecule has 0 unspecified atom stereocenters.